The number of hydrogen-bond donors (Lipinski definition) is 0. The molecule has 5 atom stereocenters. The predicted molar refractivity (Wildman–Crippen MR) is 54.3 cm³/mol. The van der Waals surface area contributed by atoms with E-state index in [0.717, 1.165) is 12.8 Å². The molecular formula is C12H14O4. The lowest BCUT2D eigenvalue weighted by atomic mass is 9.88. The molecule has 4 heteroatoms. The second-order valence-corrected chi connectivity index (χ2v) is 5.05. The summed E-state index contributed by atoms with van der Waals surface area (Å²) in [4.78, 5) is 22.9. The van der Waals surface area contributed by atoms with Gasteiger partial charge in [0, 0.05) is 17.4 Å². The predicted octanol–water partition coefficient (Wildman–Crippen LogP) is 1.06. The molecule has 3 fully saturated rings. The molecule has 0 spiro atoms. The van der Waals surface area contributed by atoms with Gasteiger partial charge in [-0.1, -0.05) is 6.58 Å². The highest BCUT2D eigenvalue weighted by Gasteiger charge is 2.63. The summed E-state index contributed by atoms with van der Waals surface area (Å²) < 4.78 is 10.7. The summed E-state index contributed by atoms with van der Waals surface area (Å²) in [7, 11) is 0. The van der Waals surface area contributed by atoms with Gasteiger partial charge in [-0.2, -0.15) is 0 Å². The van der Waals surface area contributed by atoms with Gasteiger partial charge in [0.1, 0.15) is 12.2 Å². The van der Waals surface area contributed by atoms with Gasteiger partial charge in [-0.25, -0.2) is 4.79 Å². The maximum absolute atomic E-state index is 11.5. The first kappa shape index (κ1) is 9.87. The van der Waals surface area contributed by atoms with E-state index in [0.29, 0.717) is 11.5 Å². The van der Waals surface area contributed by atoms with E-state index in [1.54, 1.807) is 6.92 Å². The largest absolute Gasteiger partial charge is 0.458 e. The van der Waals surface area contributed by atoms with Crippen LogP contribution < -0.4 is 0 Å². The van der Waals surface area contributed by atoms with Crippen LogP contribution in [0.1, 0.15) is 19.8 Å². The lowest BCUT2D eigenvalue weighted by molar-refractivity contribution is -0.158. The van der Waals surface area contributed by atoms with Crippen LogP contribution in [-0.2, 0) is 19.1 Å². The fraction of sp³-hybridized carbons (Fsp3) is 0.667. The van der Waals surface area contributed by atoms with Gasteiger partial charge < -0.3 is 9.47 Å². The highest BCUT2D eigenvalue weighted by atomic mass is 16.6. The van der Waals surface area contributed by atoms with Crippen LogP contribution in [0.5, 0.6) is 0 Å². The summed E-state index contributed by atoms with van der Waals surface area (Å²) >= 11 is 0. The molecule has 16 heavy (non-hydrogen) atoms. The smallest absolute Gasteiger partial charge is 0.333 e. The second-order valence-electron chi connectivity index (χ2n) is 5.05. The average molecular weight is 222 g/mol. The van der Waals surface area contributed by atoms with Crippen molar-refractivity contribution in [2.75, 3.05) is 0 Å². The van der Waals surface area contributed by atoms with Gasteiger partial charge in [0.2, 0.25) is 0 Å². The van der Waals surface area contributed by atoms with Crippen LogP contribution in [0.25, 0.3) is 0 Å². The van der Waals surface area contributed by atoms with Crippen molar-refractivity contribution in [2.24, 2.45) is 17.8 Å². The first-order valence-corrected chi connectivity index (χ1v) is 5.65. The van der Waals surface area contributed by atoms with Crippen LogP contribution in [0.15, 0.2) is 12.2 Å². The Morgan fingerprint density at radius 3 is 2.94 bits per heavy atom. The molecule has 0 aromatic heterocycles. The van der Waals surface area contributed by atoms with E-state index < -0.39 is 0 Å². The molecule has 1 aliphatic heterocycles. The Kier molecular flexibility index (Phi) is 1.91. The van der Waals surface area contributed by atoms with Crippen molar-refractivity contribution in [3.8, 4) is 0 Å². The Hall–Kier alpha value is -1.32. The SMILES string of the molecule is C=C(C)C(=O)OC1C2CC3C(=O)OC1[C@H]3C2. The zero-order chi connectivity index (χ0) is 11.4. The highest BCUT2D eigenvalue weighted by molar-refractivity contribution is 5.87. The number of ether oxygens (including phenoxy) is 2. The minimum absolute atomic E-state index is 0.0646. The molecule has 1 saturated heterocycles. The monoisotopic (exact) mass is 222 g/mol. The molecule has 3 aliphatic rings. The molecule has 4 unspecified atom stereocenters. The molecule has 2 saturated carbocycles. The minimum atomic E-state index is -0.378. The van der Waals surface area contributed by atoms with Crippen molar-refractivity contribution in [1.29, 1.82) is 0 Å². The summed E-state index contributed by atoms with van der Waals surface area (Å²) in [6.45, 7) is 5.18. The van der Waals surface area contributed by atoms with Crippen LogP contribution in [0, 0.1) is 17.8 Å². The molecule has 0 N–H and O–H groups in total. The second kappa shape index (κ2) is 3.09. The zero-order valence-corrected chi connectivity index (χ0v) is 9.14. The fourth-order valence-electron chi connectivity index (χ4n) is 3.29. The zero-order valence-electron chi connectivity index (χ0n) is 9.14. The Bertz CT molecular complexity index is 386. The highest BCUT2D eigenvalue weighted by Crippen LogP contribution is 2.55. The lowest BCUT2D eigenvalue weighted by Crippen LogP contribution is -2.36. The van der Waals surface area contributed by atoms with Gasteiger partial charge in [-0.05, 0) is 19.8 Å². The number of carbonyl (C=O) groups excluding carboxylic acids is 2. The summed E-state index contributed by atoms with van der Waals surface area (Å²) in [6.07, 6.45) is 1.33. The number of rotatable bonds is 2. The van der Waals surface area contributed by atoms with E-state index in [2.05, 4.69) is 6.58 Å². The Morgan fingerprint density at radius 2 is 2.25 bits per heavy atom. The Labute approximate surface area is 93.6 Å². The molecule has 2 bridgehead atoms. The van der Waals surface area contributed by atoms with Crippen molar-refractivity contribution >= 4 is 11.9 Å². The molecule has 1 heterocycles. The molecule has 86 valence electrons. The molecule has 3 rings (SSSR count). The Morgan fingerprint density at radius 1 is 1.50 bits per heavy atom. The summed E-state index contributed by atoms with van der Waals surface area (Å²) in [5.74, 6) is 0.161. The molecule has 4 nitrogen and oxygen atoms in total. The molecule has 0 amide bonds. The molecule has 0 radical (unpaired) electrons. The van der Waals surface area contributed by atoms with E-state index in [1.807, 2.05) is 0 Å². The van der Waals surface area contributed by atoms with E-state index in [9.17, 15) is 9.59 Å². The van der Waals surface area contributed by atoms with Crippen LogP contribution in [0.2, 0.25) is 0 Å². The van der Waals surface area contributed by atoms with E-state index in [1.165, 1.54) is 0 Å². The molecular weight excluding hydrogens is 208 g/mol. The molecule has 0 aromatic carbocycles. The standard InChI is InChI=1S/C12H14O4/c1-5(2)11(13)15-9-6-3-7-8(4-6)12(14)16-10(7)9/h6-10H,1,3-4H2,2H3/t6?,7-,8?,9?,10?/m0/s1. The minimum Gasteiger partial charge on any atom is -0.458 e. The van der Waals surface area contributed by atoms with Crippen LogP contribution in [-0.4, -0.2) is 24.1 Å². The number of hydrogen-bond acceptors (Lipinski definition) is 4. The molecule has 2 aliphatic carbocycles. The van der Waals surface area contributed by atoms with Crippen molar-refractivity contribution in [3.63, 3.8) is 0 Å². The first-order chi connectivity index (χ1) is 7.58. The maximum Gasteiger partial charge on any atom is 0.333 e. The van der Waals surface area contributed by atoms with Gasteiger partial charge in [0.15, 0.2) is 0 Å². The fourth-order valence-corrected chi connectivity index (χ4v) is 3.29. The Balaban J connectivity index is 1.77. The van der Waals surface area contributed by atoms with Gasteiger partial charge in [0.25, 0.3) is 0 Å². The van der Waals surface area contributed by atoms with Crippen molar-refractivity contribution in [1.82, 2.24) is 0 Å². The number of esters is 2. The van der Waals surface area contributed by atoms with E-state index >= 15 is 0 Å². The topological polar surface area (TPSA) is 52.6 Å². The van der Waals surface area contributed by atoms with Crippen LogP contribution >= 0.6 is 0 Å². The average Bonchev–Trinajstić information content (AvgIpc) is 2.81. The number of carbonyl (C=O) groups is 2. The third-order valence-corrected chi connectivity index (χ3v) is 4.01. The molecule has 0 aromatic rings. The van der Waals surface area contributed by atoms with Gasteiger partial charge >= 0.3 is 11.9 Å². The van der Waals surface area contributed by atoms with E-state index in [4.69, 9.17) is 9.47 Å². The van der Waals surface area contributed by atoms with Gasteiger partial charge in [0.05, 0.1) is 5.92 Å². The van der Waals surface area contributed by atoms with E-state index in [-0.39, 0.29) is 36.0 Å². The van der Waals surface area contributed by atoms with Crippen molar-refractivity contribution in [2.45, 2.75) is 32.0 Å². The first-order valence-electron chi connectivity index (χ1n) is 5.65. The van der Waals surface area contributed by atoms with Gasteiger partial charge in [-0.3, -0.25) is 4.79 Å². The maximum atomic E-state index is 11.5. The third-order valence-electron chi connectivity index (χ3n) is 4.01. The van der Waals surface area contributed by atoms with Crippen LogP contribution in [0.3, 0.4) is 0 Å². The normalized spacial score (nSPS) is 43.3. The third kappa shape index (κ3) is 1.16. The van der Waals surface area contributed by atoms with Crippen molar-refractivity contribution in [3.05, 3.63) is 12.2 Å². The summed E-state index contributed by atoms with van der Waals surface area (Å²) in [6, 6.07) is 0. The lowest BCUT2D eigenvalue weighted by Gasteiger charge is -2.25. The van der Waals surface area contributed by atoms with Crippen LogP contribution in [0.4, 0.5) is 0 Å². The van der Waals surface area contributed by atoms with Gasteiger partial charge in [-0.15, -0.1) is 0 Å². The summed E-state index contributed by atoms with van der Waals surface area (Å²) in [5, 5.41) is 0. The quantitative estimate of drug-likeness (QED) is 0.517. The van der Waals surface area contributed by atoms with Crippen molar-refractivity contribution < 1.29 is 19.1 Å². The number of fused-ring (bicyclic) bond motifs is 1. The summed E-state index contributed by atoms with van der Waals surface area (Å²) in [5.41, 5.74) is 0.392.